The van der Waals surface area contributed by atoms with Gasteiger partial charge < -0.3 is 10.2 Å². The fraction of sp³-hybridized carbons (Fsp3) is 0.625. The molecule has 0 aliphatic carbocycles. The molecule has 2 nitrogen and oxygen atoms in total. The highest BCUT2D eigenvalue weighted by molar-refractivity contribution is 7.99. The van der Waals surface area contributed by atoms with Crippen LogP contribution in [0, 0.1) is 0 Å². The fourth-order valence-corrected chi connectivity index (χ4v) is 4.10. The summed E-state index contributed by atoms with van der Waals surface area (Å²) >= 11 is 2.10. The minimum Gasteiger partial charge on any atom is -0.313 e. The number of nitrogens with zero attached hydrogens (tertiary/aromatic N) is 1. The molecular formula is C16H26N2S. The van der Waals surface area contributed by atoms with Crippen LogP contribution in [-0.2, 0) is 6.42 Å². The summed E-state index contributed by atoms with van der Waals surface area (Å²) in [6.45, 7) is 4.50. The minimum atomic E-state index is 0.614. The van der Waals surface area contributed by atoms with Crippen LogP contribution in [0.1, 0.15) is 18.9 Å². The van der Waals surface area contributed by atoms with E-state index in [1.807, 2.05) is 0 Å². The minimum absolute atomic E-state index is 0.614. The Labute approximate surface area is 122 Å². The van der Waals surface area contributed by atoms with Crippen molar-refractivity contribution >= 4 is 11.8 Å². The molecule has 2 unspecified atom stereocenters. The quantitative estimate of drug-likeness (QED) is 0.861. The zero-order valence-electron chi connectivity index (χ0n) is 12.1. The molecule has 1 aliphatic heterocycles. The molecule has 1 heterocycles. The fourth-order valence-electron chi connectivity index (χ4n) is 2.79. The van der Waals surface area contributed by atoms with Gasteiger partial charge in [-0.15, -0.1) is 0 Å². The van der Waals surface area contributed by atoms with Gasteiger partial charge in [-0.1, -0.05) is 37.3 Å². The first kappa shape index (κ1) is 14.9. The molecule has 1 fully saturated rings. The topological polar surface area (TPSA) is 15.3 Å². The van der Waals surface area contributed by atoms with E-state index >= 15 is 0 Å². The lowest BCUT2D eigenvalue weighted by molar-refractivity contribution is 0.209. The van der Waals surface area contributed by atoms with E-state index in [4.69, 9.17) is 0 Å². The van der Waals surface area contributed by atoms with Gasteiger partial charge >= 0.3 is 0 Å². The second-order valence-corrected chi connectivity index (χ2v) is 6.46. The Bertz CT molecular complexity index is 355. The average Bonchev–Trinajstić information content (AvgIpc) is 2.45. The van der Waals surface area contributed by atoms with Crippen LogP contribution in [0.15, 0.2) is 30.3 Å². The molecule has 2 atom stereocenters. The van der Waals surface area contributed by atoms with E-state index in [9.17, 15) is 0 Å². The number of rotatable bonds is 6. The van der Waals surface area contributed by atoms with Crippen molar-refractivity contribution in [2.45, 2.75) is 31.8 Å². The smallest absolute Gasteiger partial charge is 0.0337 e. The number of hydrogen-bond donors (Lipinski definition) is 1. The van der Waals surface area contributed by atoms with Gasteiger partial charge in [-0.2, -0.15) is 11.8 Å². The number of nitrogens with one attached hydrogen (secondary N) is 1. The summed E-state index contributed by atoms with van der Waals surface area (Å²) < 4.78 is 0. The molecule has 0 radical (unpaired) electrons. The summed E-state index contributed by atoms with van der Waals surface area (Å²) in [5, 5.41) is 3.70. The van der Waals surface area contributed by atoms with Gasteiger partial charge in [0.25, 0.3) is 0 Å². The van der Waals surface area contributed by atoms with Crippen LogP contribution in [0.3, 0.4) is 0 Å². The first-order valence-corrected chi connectivity index (χ1v) is 8.52. The van der Waals surface area contributed by atoms with Crippen LogP contribution in [-0.4, -0.2) is 48.6 Å². The van der Waals surface area contributed by atoms with E-state index in [-0.39, 0.29) is 0 Å². The number of thioether (sulfide) groups is 1. The second-order valence-electron chi connectivity index (χ2n) is 5.31. The third-order valence-corrected chi connectivity index (χ3v) is 5.01. The summed E-state index contributed by atoms with van der Waals surface area (Å²) in [5.74, 6) is 2.55. The molecule has 3 heteroatoms. The van der Waals surface area contributed by atoms with Crippen molar-refractivity contribution in [3.8, 4) is 0 Å². The molecule has 0 bridgehead atoms. The third-order valence-electron chi connectivity index (χ3n) is 3.96. The zero-order valence-corrected chi connectivity index (χ0v) is 13.0. The molecule has 2 rings (SSSR count). The molecule has 1 aromatic rings. The summed E-state index contributed by atoms with van der Waals surface area (Å²) in [6.07, 6.45) is 2.40. The van der Waals surface area contributed by atoms with Crippen molar-refractivity contribution < 1.29 is 0 Å². The van der Waals surface area contributed by atoms with Crippen LogP contribution < -0.4 is 5.32 Å². The molecule has 0 spiro atoms. The molecule has 1 N–H and O–H groups in total. The summed E-state index contributed by atoms with van der Waals surface area (Å²) in [4.78, 5) is 2.54. The van der Waals surface area contributed by atoms with Crippen molar-refractivity contribution in [1.29, 1.82) is 0 Å². The van der Waals surface area contributed by atoms with Crippen molar-refractivity contribution in [2.24, 2.45) is 0 Å². The largest absolute Gasteiger partial charge is 0.313 e. The Kier molecular flexibility index (Phi) is 6.21. The summed E-state index contributed by atoms with van der Waals surface area (Å²) in [6, 6.07) is 12.1. The van der Waals surface area contributed by atoms with Gasteiger partial charge in [0, 0.05) is 30.1 Å². The van der Waals surface area contributed by atoms with Crippen molar-refractivity contribution in [3.05, 3.63) is 35.9 Å². The standard InChI is InChI=1S/C16H26N2S/c1-3-17-15(16-13-19-12-11-18(16)2)10-9-14-7-5-4-6-8-14/h4-8,15-17H,3,9-13H2,1-2H3. The third kappa shape index (κ3) is 4.51. The SMILES string of the molecule is CCNC(CCc1ccccc1)C1CSCCN1C. The van der Waals surface area contributed by atoms with Crippen molar-refractivity contribution in [3.63, 3.8) is 0 Å². The summed E-state index contributed by atoms with van der Waals surface area (Å²) in [7, 11) is 2.28. The Hall–Kier alpha value is -0.510. The molecule has 0 saturated carbocycles. The van der Waals surface area contributed by atoms with Gasteiger partial charge in [-0.25, -0.2) is 0 Å². The van der Waals surface area contributed by atoms with Crippen LogP contribution in [0.5, 0.6) is 0 Å². The van der Waals surface area contributed by atoms with Crippen LogP contribution in [0.4, 0.5) is 0 Å². The lowest BCUT2D eigenvalue weighted by Gasteiger charge is -2.38. The maximum Gasteiger partial charge on any atom is 0.0337 e. The Morgan fingerprint density at radius 1 is 1.37 bits per heavy atom. The number of likely N-dealkylation sites (N-methyl/N-ethyl adjacent to an activating group) is 2. The molecule has 1 saturated heterocycles. The highest BCUT2D eigenvalue weighted by Gasteiger charge is 2.26. The molecule has 19 heavy (non-hydrogen) atoms. The van der Waals surface area contributed by atoms with E-state index in [0.717, 1.165) is 6.54 Å². The highest BCUT2D eigenvalue weighted by Crippen LogP contribution is 2.20. The van der Waals surface area contributed by atoms with Gasteiger partial charge in [0.2, 0.25) is 0 Å². The van der Waals surface area contributed by atoms with E-state index in [0.29, 0.717) is 12.1 Å². The molecular weight excluding hydrogens is 252 g/mol. The molecule has 0 amide bonds. The lowest BCUT2D eigenvalue weighted by Crippen LogP contribution is -2.52. The van der Waals surface area contributed by atoms with Crippen molar-refractivity contribution in [2.75, 3.05) is 31.6 Å². The Morgan fingerprint density at radius 3 is 2.84 bits per heavy atom. The van der Waals surface area contributed by atoms with Gasteiger partial charge in [0.05, 0.1) is 0 Å². The molecule has 0 aromatic heterocycles. The first-order chi connectivity index (χ1) is 9.31. The van der Waals surface area contributed by atoms with Gasteiger partial charge in [0.15, 0.2) is 0 Å². The first-order valence-electron chi connectivity index (χ1n) is 7.36. The maximum absolute atomic E-state index is 3.70. The molecule has 106 valence electrons. The lowest BCUT2D eigenvalue weighted by atomic mass is 9.99. The molecule has 1 aromatic carbocycles. The maximum atomic E-state index is 3.70. The predicted octanol–water partition coefficient (Wildman–Crippen LogP) is 2.64. The van der Waals surface area contributed by atoms with Crippen LogP contribution >= 0.6 is 11.8 Å². The van der Waals surface area contributed by atoms with Gasteiger partial charge in [-0.05, 0) is 32.0 Å². The average molecular weight is 278 g/mol. The predicted molar refractivity (Wildman–Crippen MR) is 86.0 cm³/mol. The zero-order chi connectivity index (χ0) is 13.5. The monoisotopic (exact) mass is 278 g/mol. The van der Waals surface area contributed by atoms with Crippen LogP contribution in [0.25, 0.3) is 0 Å². The summed E-state index contributed by atoms with van der Waals surface area (Å²) in [5.41, 5.74) is 1.46. The van der Waals surface area contributed by atoms with E-state index < -0.39 is 0 Å². The van der Waals surface area contributed by atoms with E-state index in [1.165, 1.54) is 36.5 Å². The van der Waals surface area contributed by atoms with Gasteiger partial charge in [-0.3, -0.25) is 0 Å². The van der Waals surface area contributed by atoms with E-state index in [1.54, 1.807) is 0 Å². The number of benzene rings is 1. The number of aryl methyl sites for hydroxylation is 1. The Morgan fingerprint density at radius 2 is 2.16 bits per heavy atom. The molecule has 1 aliphatic rings. The highest BCUT2D eigenvalue weighted by atomic mass is 32.2. The van der Waals surface area contributed by atoms with E-state index in [2.05, 4.69) is 66.3 Å². The normalized spacial score (nSPS) is 22.3. The van der Waals surface area contributed by atoms with Gasteiger partial charge in [0.1, 0.15) is 0 Å². The van der Waals surface area contributed by atoms with Crippen molar-refractivity contribution in [1.82, 2.24) is 10.2 Å². The second kappa shape index (κ2) is 7.93. The van der Waals surface area contributed by atoms with Crippen LogP contribution in [0.2, 0.25) is 0 Å². The Balaban J connectivity index is 1.91. The number of hydrogen-bond acceptors (Lipinski definition) is 3.